The number of halogens is 1. The number of carbonyl (C=O) groups excluding carboxylic acids is 3. The van der Waals surface area contributed by atoms with Crippen LogP contribution in [0, 0.1) is 5.82 Å². The average molecular weight is 333 g/mol. The molecule has 6 nitrogen and oxygen atoms in total. The van der Waals surface area contributed by atoms with Gasteiger partial charge in [0.25, 0.3) is 5.91 Å². The van der Waals surface area contributed by atoms with Crippen molar-refractivity contribution in [3.05, 3.63) is 59.8 Å². The summed E-state index contributed by atoms with van der Waals surface area (Å²) in [5.41, 5.74) is 0.397. The molecule has 0 aliphatic heterocycles. The molecule has 1 aromatic heterocycles. The van der Waals surface area contributed by atoms with Crippen LogP contribution in [0.5, 0.6) is 0 Å². The van der Waals surface area contributed by atoms with Gasteiger partial charge in [-0.3, -0.25) is 14.4 Å². The van der Waals surface area contributed by atoms with E-state index in [0.29, 0.717) is 0 Å². The molecule has 1 atom stereocenters. The first-order chi connectivity index (χ1) is 11.5. The third-order valence-electron chi connectivity index (χ3n) is 3.21. The highest BCUT2D eigenvalue weighted by Crippen LogP contribution is 2.10. The number of ketones is 1. The van der Waals surface area contributed by atoms with E-state index in [0.717, 1.165) is 12.1 Å². The van der Waals surface area contributed by atoms with Gasteiger partial charge in [0.15, 0.2) is 5.78 Å². The van der Waals surface area contributed by atoms with E-state index in [1.807, 2.05) is 0 Å². The highest BCUT2D eigenvalue weighted by molar-refractivity contribution is 6.05. The van der Waals surface area contributed by atoms with E-state index in [1.54, 1.807) is 6.92 Å². The predicted molar refractivity (Wildman–Crippen MR) is 81.9 cm³/mol. The molecule has 0 saturated carbocycles. The molecule has 0 aliphatic carbocycles. The van der Waals surface area contributed by atoms with Gasteiger partial charge in [-0.05, 0) is 37.3 Å². The fraction of sp³-hybridized carbons (Fsp3) is 0.235. The quantitative estimate of drug-likeness (QED) is 0.621. The summed E-state index contributed by atoms with van der Waals surface area (Å²) < 4.78 is 22.6. The summed E-state index contributed by atoms with van der Waals surface area (Å²) in [4.78, 5) is 36.3. The van der Waals surface area contributed by atoms with E-state index < -0.39 is 29.5 Å². The highest BCUT2D eigenvalue weighted by Gasteiger charge is 2.26. The lowest BCUT2D eigenvalue weighted by Crippen LogP contribution is -2.42. The maximum Gasteiger partial charge on any atom is 0.308 e. The van der Waals surface area contributed by atoms with Crippen LogP contribution in [0.1, 0.15) is 34.1 Å². The number of carbonyl (C=O) groups is 3. The van der Waals surface area contributed by atoms with Crippen LogP contribution in [0.25, 0.3) is 0 Å². The van der Waals surface area contributed by atoms with Crippen molar-refractivity contribution in [1.82, 2.24) is 5.32 Å². The monoisotopic (exact) mass is 333 g/mol. The molecule has 0 fully saturated rings. The predicted octanol–water partition coefficient (Wildman–Crippen LogP) is 2.35. The lowest BCUT2D eigenvalue weighted by molar-refractivity contribution is -0.143. The first-order valence-corrected chi connectivity index (χ1v) is 7.29. The Bertz CT molecular complexity index is 709. The average Bonchev–Trinajstić information content (AvgIpc) is 3.08. The number of amides is 1. The van der Waals surface area contributed by atoms with Crippen LogP contribution >= 0.6 is 0 Å². The molecule has 1 amide bonds. The van der Waals surface area contributed by atoms with E-state index in [9.17, 15) is 18.8 Å². The number of Topliss-reactive ketones (excluding diaryl/α,β-unsaturated/α-hetero) is 1. The molecule has 0 aliphatic rings. The van der Waals surface area contributed by atoms with Gasteiger partial charge < -0.3 is 14.5 Å². The first-order valence-electron chi connectivity index (χ1n) is 7.29. The number of nitrogens with one attached hydrogen (secondary N) is 1. The van der Waals surface area contributed by atoms with Crippen LogP contribution < -0.4 is 5.32 Å². The lowest BCUT2D eigenvalue weighted by atomic mass is 10.0. The third kappa shape index (κ3) is 4.52. The van der Waals surface area contributed by atoms with Crippen LogP contribution in [0.2, 0.25) is 0 Å². The number of hydrogen-bond donors (Lipinski definition) is 1. The Balaban J connectivity index is 2.15. The number of benzene rings is 1. The van der Waals surface area contributed by atoms with Gasteiger partial charge in [-0.1, -0.05) is 0 Å². The maximum atomic E-state index is 12.9. The molecule has 0 bridgehead atoms. The van der Waals surface area contributed by atoms with Gasteiger partial charge in [0.2, 0.25) is 0 Å². The molecule has 0 radical (unpaired) electrons. The van der Waals surface area contributed by atoms with Crippen molar-refractivity contribution in [3.63, 3.8) is 0 Å². The zero-order valence-corrected chi connectivity index (χ0v) is 13.0. The molecule has 1 N–H and O–H groups in total. The van der Waals surface area contributed by atoms with Crippen molar-refractivity contribution >= 4 is 17.7 Å². The Morgan fingerprint density at radius 1 is 1.17 bits per heavy atom. The van der Waals surface area contributed by atoms with Crippen molar-refractivity contribution in [2.24, 2.45) is 0 Å². The third-order valence-corrected chi connectivity index (χ3v) is 3.21. The standard InChI is InChI=1S/C17H16FNO5/c1-2-24-15(20)9-14(16(21)12-7-8-23-10-12)19-17(22)11-3-5-13(18)6-4-11/h3-8,10,14H,2,9H2,1H3,(H,19,22). The molecule has 1 unspecified atom stereocenters. The minimum absolute atomic E-state index is 0.164. The Kier molecular flexibility index (Phi) is 5.83. The van der Waals surface area contributed by atoms with Crippen LogP contribution in [0.15, 0.2) is 47.3 Å². The number of esters is 1. The second-order valence-corrected chi connectivity index (χ2v) is 4.92. The van der Waals surface area contributed by atoms with Gasteiger partial charge in [-0.25, -0.2) is 4.39 Å². The van der Waals surface area contributed by atoms with E-state index in [1.165, 1.54) is 30.7 Å². The zero-order valence-electron chi connectivity index (χ0n) is 13.0. The SMILES string of the molecule is CCOC(=O)CC(NC(=O)c1ccc(F)cc1)C(=O)c1ccoc1. The van der Waals surface area contributed by atoms with Gasteiger partial charge in [0.05, 0.1) is 24.9 Å². The van der Waals surface area contributed by atoms with E-state index in [4.69, 9.17) is 9.15 Å². The first kappa shape index (κ1) is 17.4. The summed E-state index contributed by atoms with van der Waals surface area (Å²) in [7, 11) is 0. The topological polar surface area (TPSA) is 85.6 Å². The van der Waals surface area contributed by atoms with Crippen molar-refractivity contribution in [2.45, 2.75) is 19.4 Å². The van der Waals surface area contributed by atoms with E-state index in [2.05, 4.69) is 5.32 Å². The van der Waals surface area contributed by atoms with E-state index in [-0.39, 0.29) is 24.2 Å². The molecule has 2 rings (SSSR count). The van der Waals surface area contributed by atoms with Gasteiger partial charge in [-0.2, -0.15) is 0 Å². The molecule has 7 heteroatoms. The molecule has 126 valence electrons. The molecular formula is C17H16FNO5. The second-order valence-electron chi connectivity index (χ2n) is 4.92. The van der Waals surface area contributed by atoms with Crippen molar-refractivity contribution in [3.8, 4) is 0 Å². The molecular weight excluding hydrogens is 317 g/mol. The minimum atomic E-state index is -1.11. The molecule has 0 saturated heterocycles. The van der Waals surface area contributed by atoms with Gasteiger partial charge in [-0.15, -0.1) is 0 Å². The largest absolute Gasteiger partial charge is 0.472 e. The molecule has 2 aromatic rings. The van der Waals surface area contributed by atoms with Crippen LogP contribution in [-0.4, -0.2) is 30.3 Å². The summed E-state index contributed by atoms with van der Waals surface area (Å²) in [6.45, 7) is 1.80. The van der Waals surface area contributed by atoms with Crippen LogP contribution in [0.3, 0.4) is 0 Å². The maximum absolute atomic E-state index is 12.9. The zero-order chi connectivity index (χ0) is 17.5. The number of rotatable bonds is 7. The normalized spacial score (nSPS) is 11.6. The van der Waals surface area contributed by atoms with E-state index >= 15 is 0 Å². The summed E-state index contributed by atoms with van der Waals surface area (Å²) in [5.74, 6) is -2.17. The van der Waals surface area contributed by atoms with Crippen molar-refractivity contribution in [1.29, 1.82) is 0 Å². The number of ether oxygens (including phenoxy) is 1. The Hall–Kier alpha value is -2.96. The van der Waals surface area contributed by atoms with Gasteiger partial charge >= 0.3 is 5.97 Å². The summed E-state index contributed by atoms with van der Waals surface area (Å²) >= 11 is 0. The van der Waals surface area contributed by atoms with Crippen LogP contribution in [0.4, 0.5) is 4.39 Å². The molecule has 24 heavy (non-hydrogen) atoms. The van der Waals surface area contributed by atoms with Crippen molar-refractivity contribution < 1.29 is 27.9 Å². The highest BCUT2D eigenvalue weighted by atomic mass is 19.1. The van der Waals surface area contributed by atoms with Crippen LogP contribution in [-0.2, 0) is 9.53 Å². The molecule has 1 aromatic carbocycles. The van der Waals surface area contributed by atoms with Gasteiger partial charge in [0.1, 0.15) is 18.1 Å². The summed E-state index contributed by atoms with van der Waals surface area (Å²) in [6, 6.07) is 5.16. The Morgan fingerprint density at radius 3 is 2.46 bits per heavy atom. The second kappa shape index (κ2) is 8.05. The Labute approximate surface area is 137 Å². The summed E-state index contributed by atoms with van der Waals surface area (Å²) in [5, 5.41) is 2.48. The smallest absolute Gasteiger partial charge is 0.308 e. The fourth-order valence-corrected chi connectivity index (χ4v) is 2.04. The molecule has 0 spiro atoms. The Morgan fingerprint density at radius 2 is 1.88 bits per heavy atom. The lowest BCUT2D eigenvalue weighted by Gasteiger charge is -2.16. The van der Waals surface area contributed by atoms with Crippen molar-refractivity contribution in [2.75, 3.05) is 6.61 Å². The minimum Gasteiger partial charge on any atom is -0.472 e. The fourth-order valence-electron chi connectivity index (χ4n) is 2.04. The number of hydrogen-bond acceptors (Lipinski definition) is 5. The van der Waals surface area contributed by atoms with Gasteiger partial charge in [0, 0.05) is 5.56 Å². The number of furan rings is 1. The summed E-state index contributed by atoms with van der Waals surface area (Å²) in [6.07, 6.45) is 2.23. The molecule has 1 heterocycles.